The maximum atomic E-state index is 14.1. The van der Waals surface area contributed by atoms with Gasteiger partial charge < -0.3 is 4.57 Å². The van der Waals surface area contributed by atoms with Crippen molar-refractivity contribution < 1.29 is 4.39 Å². The molecule has 0 saturated carbocycles. The van der Waals surface area contributed by atoms with Crippen LogP contribution in [0.25, 0.3) is 11.3 Å². The Labute approximate surface area is 116 Å². The van der Waals surface area contributed by atoms with Crippen molar-refractivity contribution in [2.24, 2.45) is 7.05 Å². The standard InChI is InChI=1S/C14H14FN3S/c1-3-17-19-11-5-6-12(13(15)8-11)14-7-4-10(9-16)18(14)2/h4-8,17H,3H2,1-2H3. The molecule has 2 aromatic rings. The van der Waals surface area contributed by atoms with Crippen LogP contribution in [-0.4, -0.2) is 11.1 Å². The van der Waals surface area contributed by atoms with E-state index in [1.807, 2.05) is 13.0 Å². The Balaban J connectivity index is 2.35. The molecular weight excluding hydrogens is 261 g/mol. The van der Waals surface area contributed by atoms with Crippen LogP contribution in [0.4, 0.5) is 4.39 Å². The van der Waals surface area contributed by atoms with E-state index in [1.54, 1.807) is 29.8 Å². The first-order chi connectivity index (χ1) is 9.17. The van der Waals surface area contributed by atoms with Gasteiger partial charge in [0.25, 0.3) is 0 Å². The quantitative estimate of drug-likeness (QED) is 0.870. The van der Waals surface area contributed by atoms with Gasteiger partial charge in [-0.3, -0.25) is 4.72 Å². The van der Waals surface area contributed by atoms with E-state index < -0.39 is 0 Å². The van der Waals surface area contributed by atoms with Crippen molar-refractivity contribution in [3.05, 3.63) is 41.8 Å². The molecule has 1 heterocycles. The Morgan fingerprint density at radius 3 is 2.74 bits per heavy atom. The highest BCUT2D eigenvalue weighted by atomic mass is 32.2. The van der Waals surface area contributed by atoms with Gasteiger partial charge in [-0.25, -0.2) is 4.39 Å². The summed E-state index contributed by atoms with van der Waals surface area (Å²) in [6.45, 7) is 2.81. The third kappa shape index (κ3) is 2.80. The van der Waals surface area contributed by atoms with E-state index >= 15 is 0 Å². The summed E-state index contributed by atoms with van der Waals surface area (Å²) in [5.41, 5.74) is 1.72. The summed E-state index contributed by atoms with van der Waals surface area (Å²) >= 11 is 1.40. The fourth-order valence-electron chi connectivity index (χ4n) is 1.82. The van der Waals surface area contributed by atoms with Crippen molar-refractivity contribution in [1.29, 1.82) is 5.26 Å². The first-order valence-electron chi connectivity index (χ1n) is 5.92. The fourth-order valence-corrected chi connectivity index (χ4v) is 2.43. The summed E-state index contributed by atoms with van der Waals surface area (Å²) < 4.78 is 18.9. The zero-order chi connectivity index (χ0) is 13.8. The van der Waals surface area contributed by atoms with E-state index in [4.69, 9.17) is 5.26 Å². The Hall–Kier alpha value is -1.77. The summed E-state index contributed by atoms with van der Waals surface area (Å²) in [6, 6.07) is 10.6. The molecule has 0 radical (unpaired) electrons. The Morgan fingerprint density at radius 2 is 2.16 bits per heavy atom. The Morgan fingerprint density at radius 1 is 1.37 bits per heavy atom. The van der Waals surface area contributed by atoms with Gasteiger partial charge in [0.05, 0.1) is 5.69 Å². The molecule has 1 aromatic heterocycles. The molecule has 0 aliphatic rings. The summed E-state index contributed by atoms with van der Waals surface area (Å²) in [7, 11) is 1.76. The lowest BCUT2D eigenvalue weighted by Gasteiger charge is -2.08. The second-order valence-electron chi connectivity index (χ2n) is 4.02. The van der Waals surface area contributed by atoms with Crippen molar-refractivity contribution >= 4 is 11.9 Å². The minimum atomic E-state index is -0.284. The van der Waals surface area contributed by atoms with Crippen LogP contribution in [0.2, 0.25) is 0 Å². The number of hydrogen-bond donors (Lipinski definition) is 1. The molecule has 0 aliphatic carbocycles. The molecule has 0 saturated heterocycles. The van der Waals surface area contributed by atoms with E-state index in [9.17, 15) is 4.39 Å². The predicted octanol–water partition coefficient (Wildman–Crippen LogP) is 3.32. The largest absolute Gasteiger partial charge is 0.335 e. The van der Waals surface area contributed by atoms with Gasteiger partial charge in [-0.2, -0.15) is 5.26 Å². The highest BCUT2D eigenvalue weighted by molar-refractivity contribution is 7.97. The molecule has 19 heavy (non-hydrogen) atoms. The number of nitrogens with one attached hydrogen (secondary N) is 1. The number of hydrogen-bond acceptors (Lipinski definition) is 3. The van der Waals surface area contributed by atoms with Crippen LogP contribution in [0.1, 0.15) is 12.6 Å². The van der Waals surface area contributed by atoms with Crippen LogP contribution in [0.15, 0.2) is 35.2 Å². The van der Waals surface area contributed by atoms with Gasteiger partial charge in [-0.1, -0.05) is 6.92 Å². The minimum Gasteiger partial charge on any atom is -0.335 e. The lowest BCUT2D eigenvalue weighted by atomic mass is 10.1. The smallest absolute Gasteiger partial charge is 0.133 e. The third-order valence-corrected chi connectivity index (χ3v) is 3.71. The third-order valence-electron chi connectivity index (χ3n) is 2.79. The molecule has 0 atom stereocenters. The van der Waals surface area contributed by atoms with Crippen molar-refractivity contribution in [2.75, 3.05) is 6.54 Å². The number of nitriles is 1. The minimum absolute atomic E-state index is 0.284. The van der Waals surface area contributed by atoms with Crippen molar-refractivity contribution in [1.82, 2.24) is 9.29 Å². The molecule has 3 nitrogen and oxygen atoms in total. The van der Waals surface area contributed by atoms with Crippen LogP contribution in [-0.2, 0) is 7.05 Å². The molecule has 98 valence electrons. The van der Waals surface area contributed by atoms with Gasteiger partial charge in [-0.05, 0) is 42.3 Å². The molecule has 0 aliphatic heterocycles. The van der Waals surface area contributed by atoms with Gasteiger partial charge in [0.1, 0.15) is 17.6 Å². The van der Waals surface area contributed by atoms with Gasteiger partial charge in [0.15, 0.2) is 0 Å². The lowest BCUT2D eigenvalue weighted by molar-refractivity contribution is 0.626. The van der Waals surface area contributed by atoms with Gasteiger partial charge in [0.2, 0.25) is 0 Å². The highest BCUT2D eigenvalue weighted by Crippen LogP contribution is 2.27. The number of aromatic nitrogens is 1. The molecule has 0 spiro atoms. The molecule has 1 N–H and O–H groups in total. The summed E-state index contributed by atoms with van der Waals surface area (Å²) in [5.74, 6) is -0.284. The van der Waals surface area contributed by atoms with E-state index in [2.05, 4.69) is 10.8 Å². The molecular formula is C14H14FN3S. The van der Waals surface area contributed by atoms with E-state index in [0.717, 1.165) is 11.4 Å². The van der Waals surface area contributed by atoms with Crippen molar-refractivity contribution in [3.63, 3.8) is 0 Å². The zero-order valence-corrected chi connectivity index (χ0v) is 11.6. The molecule has 0 amide bonds. The topological polar surface area (TPSA) is 40.8 Å². The average Bonchev–Trinajstić information content (AvgIpc) is 2.77. The van der Waals surface area contributed by atoms with Crippen molar-refractivity contribution in [2.45, 2.75) is 11.8 Å². The second kappa shape index (κ2) is 5.91. The number of nitrogens with zero attached hydrogens (tertiary/aromatic N) is 2. The zero-order valence-electron chi connectivity index (χ0n) is 10.8. The maximum Gasteiger partial charge on any atom is 0.133 e. The normalized spacial score (nSPS) is 10.4. The molecule has 0 unspecified atom stereocenters. The molecule has 5 heteroatoms. The van der Waals surface area contributed by atoms with E-state index in [-0.39, 0.29) is 5.82 Å². The fraction of sp³-hybridized carbons (Fsp3) is 0.214. The molecule has 0 bridgehead atoms. The molecule has 1 aromatic carbocycles. The van der Waals surface area contributed by atoms with Crippen LogP contribution >= 0.6 is 11.9 Å². The summed E-state index contributed by atoms with van der Waals surface area (Å²) in [4.78, 5) is 0.831. The first-order valence-corrected chi connectivity index (χ1v) is 6.74. The van der Waals surface area contributed by atoms with Gasteiger partial charge in [0, 0.05) is 24.1 Å². The second-order valence-corrected chi connectivity index (χ2v) is 4.98. The molecule has 2 rings (SSSR count). The number of rotatable bonds is 4. The van der Waals surface area contributed by atoms with Crippen LogP contribution in [0, 0.1) is 17.1 Å². The van der Waals surface area contributed by atoms with Crippen LogP contribution in [0.3, 0.4) is 0 Å². The maximum absolute atomic E-state index is 14.1. The lowest BCUT2D eigenvalue weighted by Crippen LogP contribution is -2.01. The first kappa shape index (κ1) is 13.7. The Bertz CT molecular complexity index is 628. The molecule has 0 fully saturated rings. The van der Waals surface area contributed by atoms with Gasteiger partial charge in [-0.15, -0.1) is 0 Å². The van der Waals surface area contributed by atoms with Crippen LogP contribution in [0.5, 0.6) is 0 Å². The SMILES string of the molecule is CCNSc1ccc(-c2ccc(C#N)n2C)c(F)c1. The number of benzene rings is 1. The van der Waals surface area contributed by atoms with E-state index in [0.29, 0.717) is 17.0 Å². The van der Waals surface area contributed by atoms with E-state index in [1.165, 1.54) is 18.0 Å². The summed E-state index contributed by atoms with van der Waals surface area (Å²) in [5, 5.41) is 8.91. The van der Waals surface area contributed by atoms with Crippen LogP contribution < -0.4 is 4.72 Å². The number of halogens is 1. The summed E-state index contributed by atoms with van der Waals surface area (Å²) in [6.07, 6.45) is 0. The highest BCUT2D eigenvalue weighted by Gasteiger charge is 2.11. The van der Waals surface area contributed by atoms with Crippen molar-refractivity contribution in [3.8, 4) is 17.3 Å². The Kier molecular flexibility index (Phi) is 4.25. The average molecular weight is 275 g/mol. The monoisotopic (exact) mass is 275 g/mol. The predicted molar refractivity (Wildman–Crippen MR) is 75.1 cm³/mol. The van der Waals surface area contributed by atoms with Gasteiger partial charge >= 0.3 is 0 Å².